The van der Waals surface area contributed by atoms with E-state index in [2.05, 4.69) is 31.5 Å². The molecule has 14 nitrogen and oxygen atoms in total. The molecule has 0 aliphatic rings. The van der Waals surface area contributed by atoms with Crippen molar-refractivity contribution in [3.63, 3.8) is 0 Å². The van der Waals surface area contributed by atoms with E-state index in [0.29, 0.717) is 0 Å². The van der Waals surface area contributed by atoms with Gasteiger partial charge in [-0.25, -0.2) is 20.6 Å². The highest BCUT2D eigenvalue weighted by Crippen LogP contribution is 2.08. The maximum Gasteiger partial charge on any atom is 0.379 e. The van der Waals surface area contributed by atoms with Gasteiger partial charge in [-0.1, -0.05) is 5.43 Å². The Morgan fingerprint density at radius 2 is 2.29 bits per heavy atom. The molecule has 0 aliphatic carbocycles. The van der Waals surface area contributed by atoms with Crippen LogP contribution in [0.25, 0.3) is 5.43 Å². The van der Waals surface area contributed by atoms with Gasteiger partial charge in [0.25, 0.3) is 0 Å². The Labute approximate surface area is 94.2 Å². The van der Waals surface area contributed by atoms with Crippen LogP contribution in [0.2, 0.25) is 0 Å². The summed E-state index contributed by atoms with van der Waals surface area (Å²) < 4.78 is 1.10. The normalized spacial score (nSPS) is 9.41. The molecule has 0 radical (unpaired) electrons. The first-order valence-corrected chi connectivity index (χ1v) is 3.65. The number of hydrogen-bond donors (Lipinski definition) is 5. The largest absolute Gasteiger partial charge is 0.412 e. The van der Waals surface area contributed by atoms with Crippen molar-refractivity contribution in [3.05, 3.63) is 15.5 Å². The van der Waals surface area contributed by atoms with Gasteiger partial charge < -0.3 is 10.2 Å². The lowest BCUT2D eigenvalue weighted by molar-refractivity contribution is -0.472. The van der Waals surface area contributed by atoms with Gasteiger partial charge in [0.15, 0.2) is 0 Å². The third-order valence-corrected chi connectivity index (χ3v) is 1.08. The van der Waals surface area contributed by atoms with Crippen LogP contribution < -0.4 is 27.9 Å². The van der Waals surface area contributed by atoms with E-state index < -0.39 is 5.03 Å². The Morgan fingerprint density at radius 3 is 2.53 bits per heavy atom. The minimum Gasteiger partial charge on any atom is -0.412 e. The molecule has 1 aromatic rings. The van der Waals surface area contributed by atoms with Gasteiger partial charge in [-0.05, 0) is 7.05 Å². The van der Waals surface area contributed by atoms with Crippen LogP contribution in [-0.2, 0) is 7.05 Å². The van der Waals surface area contributed by atoms with Gasteiger partial charge in [-0.2, -0.15) is 10.9 Å². The van der Waals surface area contributed by atoms with Crippen molar-refractivity contribution in [1.82, 2.24) is 25.6 Å². The molecule has 0 aliphatic heterocycles. The average molecular weight is 251 g/mol. The van der Waals surface area contributed by atoms with Crippen molar-refractivity contribution in [2.45, 2.75) is 0 Å². The SMILES string of the molecule is Cn1nnnc1[N-][N+](=O)[O-].NN/C(N)=[NH+]/N.O. The summed E-state index contributed by atoms with van der Waals surface area (Å²) in [7, 11) is 1.46. The third kappa shape index (κ3) is 7.22. The zero-order chi connectivity index (χ0) is 12.6. The van der Waals surface area contributed by atoms with E-state index in [1.807, 2.05) is 0 Å². The Bertz CT molecular complexity index is 359. The topological polar surface area (TPSA) is 236 Å². The number of nitrogens with zero attached hydrogens (tertiary/aromatic N) is 6. The van der Waals surface area contributed by atoms with Crippen LogP contribution in [0.3, 0.4) is 0 Å². The monoisotopic (exact) mass is 251 g/mol. The van der Waals surface area contributed by atoms with Gasteiger partial charge in [0, 0.05) is 0 Å². The highest BCUT2D eigenvalue weighted by atomic mass is 16.7. The minimum absolute atomic E-state index is 0. The zero-order valence-corrected chi connectivity index (χ0v) is 8.73. The maximum absolute atomic E-state index is 9.75. The molecule has 1 aromatic heterocycles. The number of tetrazole rings is 1. The standard InChI is InChI=1S/C2H3N6O2.CH7N5.H2O/c1-7-2(3-5-6-7)4-8(9)10;2-1(5-3)6-4;/h1H3;3-4H2,(H3,2,5,6);1H2/q-1;;/p+1. The van der Waals surface area contributed by atoms with Gasteiger partial charge in [0.05, 0.1) is 0 Å². The molecule has 0 atom stereocenters. The number of aromatic nitrogens is 4. The second kappa shape index (κ2) is 8.56. The first-order chi connectivity index (χ1) is 7.51. The fourth-order valence-corrected chi connectivity index (χ4v) is 0.424. The Morgan fingerprint density at radius 1 is 1.71 bits per heavy atom. The summed E-state index contributed by atoms with van der Waals surface area (Å²) in [6.07, 6.45) is 0. The highest BCUT2D eigenvalue weighted by Gasteiger charge is 1.96. The summed E-state index contributed by atoms with van der Waals surface area (Å²) in [4.78, 5) is 9.75. The van der Waals surface area contributed by atoms with Gasteiger partial charge in [0.1, 0.15) is 11.0 Å². The number of hydrazine groups is 2. The Hall–Kier alpha value is -2.74. The van der Waals surface area contributed by atoms with E-state index in [-0.39, 0.29) is 17.4 Å². The first-order valence-electron chi connectivity index (χ1n) is 3.65. The van der Waals surface area contributed by atoms with Crippen molar-refractivity contribution < 1.29 is 15.6 Å². The van der Waals surface area contributed by atoms with E-state index >= 15 is 0 Å². The van der Waals surface area contributed by atoms with Gasteiger partial charge in [-0.15, -0.1) is 10.4 Å². The van der Waals surface area contributed by atoms with Crippen molar-refractivity contribution in [2.24, 2.45) is 24.5 Å². The third-order valence-electron chi connectivity index (χ3n) is 1.08. The van der Waals surface area contributed by atoms with Crippen LogP contribution >= 0.6 is 0 Å². The molecule has 0 unspecified atom stereocenters. The maximum atomic E-state index is 9.75. The molecule has 0 amide bonds. The molecule has 17 heavy (non-hydrogen) atoms. The molecule has 0 saturated carbocycles. The van der Waals surface area contributed by atoms with Crippen molar-refractivity contribution >= 4 is 11.9 Å². The minimum atomic E-state index is -0.855. The molecule has 1 heterocycles. The van der Waals surface area contributed by atoms with E-state index in [0.717, 1.165) is 4.68 Å². The number of nitrogens with two attached hydrogens (primary N) is 3. The number of hydrazone groups is 1. The van der Waals surface area contributed by atoms with E-state index in [4.69, 9.17) is 17.4 Å². The molecule has 0 bridgehead atoms. The van der Waals surface area contributed by atoms with Crippen LogP contribution in [0.15, 0.2) is 0 Å². The summed E-state index contributed by atoms with van der Waals surface area (Å²) in [6, 6.07) is 0. The van der Waals surface area contributed by atoms with Crippen LogP contribution in [-0.4, -0.2) is 36.7 Å². The number of guanidine groups is 1. The quantitative estimate of drug-likeness (QED) is 0.110. The van der Waals surface area contributed by atoms with Crippen molar-refractivity contribution in [2.75, 3.05) is 0 Å². The molecular formula is C3H13N11O3. The van der Waals surface area contributed by atoms with Crippen molar-refractivity contribution in [3.8, 4) is 0 Å². The average Bonchev–Trinajstić information content (AvgIpc) is 2.63. The lowest BCUT2D eigenvalue weighted by Crippen LogP contribution is -2.85. The number of hydrogen-bond acceptors (Lipinski definition) is 7. The van der Waals surface area contributed by atoms with Crippen LogP contribution in [0.1, 0.15) is 0 Å². The number of nitrogens with one attached hydrogen (secondary N) is 2. The highest BCUT2D eigenvalue weighted by molar-refractivity contribution is 5.70. The molecule has 0 saturated heterocycles. The summed E-state index contributed by atoms with van der Waals surface area (Å²) in [5.41, 5.74) is 9.86. The van der Waals surface area contributed by atoms with E-state index in [1.165, 1.54) is 7.05 Å². The lowest BCUT2D eigenvalue weighted by Gasteiger charge is -1.98. The second-order valence-corrected chi connectivity index (χ2v) is 2.14. The van der Waals surface area contributed by atoms with Crippen LogP contribution in [0, 0.1) is 10.1 Å². The molecule has 10 N–H and O–H groups in total. The van der Waals surface area contributed by atoms with Gasteiger partial charge in [0.2, 0.25) is 0 Å². The molecular weight excluding hydrogens is 238 g/mol. The fourth-order valence-electron chi connectivity index (χ4n) is 0.424. The van der Waals surface area contributed by atoms with Crippen LogP contribution in [0.4, 0.5) is 5.95 Å². The lowest BCUT2D eigenvalue weighted by atomic mass is 11.0. The smallest absolute Gasteiger partial charge is 0.379 e. The number of aryl methyl sites for hydroxylation is 1. The summed E-state index contributed by atoms with van der Waals surface area (Å²) >= 11 is 0. The molecule has 0 fully saturated rings. The Kier molecular flexibility index (Phi) is 8.40. The van der Waals surface area contributed by atoms with Gasteiger partial charge >= 0.3 is 5.96 Å². The second-order valence-electron chi connectivity index (χ2n) is 2.14. The predicted molar refractivity (Wildman–Crippen MR) is 54.1 cm³/mol. The molecule has 0 spiro atoms. The van der Waals surface area contributed by atoms with Crippen LogP contribution in [0.5, 0.6) is 0 Å². The Balaban J connectivity index is 0. The van der Waals surface area contributed by atoms with E-state index in [1.54, 1.807) is 0 Å². The fraction of sp³-hybridized carbons (Fsp3) is 0.333. The van der Waals surface area contributed by atoms with E-state index in [9.17, 15) is 10.1 Å². The van der Waals surface area contributed by atoms with Gasteiger partial charge in [-0.3, -0.25) is 11.6 Å². The first kappa shape index (κ1) is 16.7. The summed E-state index contributed by atoms with van der Waals surface area (Å²) in [6.45, 7) is 0. The molecule has 98 valence electrons. The summed E-state index contributed by atoms with van der Waals surface area (Å²) in [5, 5.41) is 20.7. The zero-order valence-electron chi connectivity index (χ0n) is 8.73. The molecule has 1 rings (SSSR count). The molecule has 14 heteroatoms. The number of rotatable bonds is 2. The summed E-state index contributed by atoms with van der Waals surface area (Å²) in [5.74, 6) is 9.48. The van der Waals surface area contributed by atoms with Crippen molar-refractivity contribution in [1.29, 1.82) is 0 Å². The predicted octanol–water partition coefficient (Wildman–Crippen LogP) is -5.70. The number of nitro groups is 1. The molecule has 0 aromatic carbocycles.